The van der Waals surface area contributed by atoms with Crippen LogP contribution >= 0.6 is 11.6 Å². The minimum atomic E-state index is -4.13. The van der Waals surface area contributed by atoms with Crippen LogP contribution in [0.2, 0.25) is 5.02 Å². The molecule has 0 aliphatic heterocycles. The first kappa shape index (κ1) is 30.2. The van der Waals surface area contributed by atoms with Gasteiger partial charge in [-0.15, -0.1) is 0 Å². The number of nitrogens with zero attached hydrogens (tertiary/aromatic N) is 2. The number of nitrogens with one attached hydrogen (secondary N) is 1. The number of sulfonamides is 1. The Hall–Kier alpha value is -3.36. The Morgan fingerprint density at radius 3 is 2.31 bits per heavy atom. The number of carbonyl (C=O) groups excluding carboxylic acids is 2. The minimum absolute atomic E-state index is 0.0111. The number of aryl methyl sites for hydroxylation is 2. The molecule has 9 heteroatoms. The molecule has 0 aromatic heterocycles. The highest BCUT2D eigenvalue weighted by atomic mass is 35.5. The van der Waals surface area contributed by atoms with Gasteiger partial charge < -0.3 is 10.2 Å². The lowest BCUT2D eigenvalue weighted by molar-refractivity contribution is -0.139. The van der Waals surface area contributed by atoms with E-state index in [1.807, 2.05) is 51.1 Å². The summed E-state index contributed by atoms with van der Waals surface area (Å²) in [5.41, 5.74) is 3.05. The van der Waals surface area contributed by atoms with Gasteiger partial charge in [0.1, 0.15) is 12.6 Å². The lowest BCUT2D eigenvalue weighted by Crippen LogP contribution is -2.51. The Balaban J connectivity index is 2.01. The second-order valence-corrected chi connectivity index (χ2v) is 11.9. The molecule has 3 aromatic carbocycles. The molecule has 0 saturated heterocycles. The Morgan fingerprint density at radius 1 is 0.974 bits per heavy atom. The SMILES string of the molecule is CCCCNC(=O)[C@H](C)N(Cc1ccccc1C)C(=O)CN(c1cccc(C)c1)S(=O)(=O)c1ccc(Cl)cc1. The molecule has 0 aliphatic carbocycles. The molecular weight excluding hydrogens is 534 g/mol. The fourth-order valence-electron chi connectivity index (χ4n) is 4.14. The van der Waals surface area contributed by atoms with Crippen LogP contribution in [0.3, 0.4) is 0 Å². The summed E-state index contributed by atoms with van der Waals surface area (Å²) in [6, 6.07) is 19.6. The third-order valence-corrected chi connectivity index (χ3v) is 8.61. The second-order valence-electron chi connectivity index (χ2n) is 9.57. The van der Waals surface area contributed by atoms with E-state index in [1.165, 1.54) is 29.2 Å². The average molecular weight is 570 g/mol. The minimum Gasteiger partial charge on any atom is -0.354 e. The highest BCUT2D eigenvalue weighted by molar-refractivity contribution is 7.92. The number of carbonyl (C=O) groups is 2. The molecule has 1 N–H and O–H groups in total. The maximum absolute atomic E-state index is 14.0. The fourth-order valence-corrected chi connectivity index (χ4v) is 5.67. The Labute approximate surface area is 236 Å². The highest BCUT2D eigenvalue weighted by Crippen LogP contribution is 2.26. The molecule has 0 spiro atoms. The molecule has 3 rings (SSSR count). The Morgan fingerprint density at radius 2 is 1.67 bits per heavy atom. The van der Waals surface area contributed by atoms with Crippen LogP contribution in [0.5, 0.6) is 0 Å². The molecular formula is C30H36ClN3O4S. The number of halogens is 1. The molecule has 1 atom stereocenters. The summed E-state index contributed by atoms with van der Waals surface area (Å²) < 4.78 is 28.8. The van der Waals surface area contributed by atoms with Crippen LogP contribution in [-0.4, -0.2) is 44.3 Å². The highest BCUT2D eigenvalue weighted by Gasteiger charge is 2.32. The smallest absolute Gasteiger partial charge is 0.264 e. The van der Waals surface area contributed by atoms with Crippen LogP contribution in [0.4, 0.5) is 5.69 Å². The van der Waals surface area contributed by atoms with E-state index in [2.05, 4.69) is 5.32 Å². The first-order valence-corrected chi connectivity index (χ1v) is 14.8. The largest absolute Gasteiger partial charge is 0.354 e. The summed E-state index contributed by atoms with van der Waals surface area (Å²) in [6.07, 6.45) is 1.75. The van der Waals surface area contributed by atoms with Crippen molar-refractivity contribution in [1.82, 2.24) is 10.2 Å². The number of benzene rings is 3. The summed E-state index contributed by atoms with van der Waals surface area (Å²) in [4.78, 5) is 28.5. The zero-order chi connectivity index (χ0) is 28.6. The molecule has 0 unspecified atom stereocenters. The van der Waals surface area contributed by atoms with Crippen molar-refractivity contribution in [3.8, 4) is 0 Å². The second kappa shape index (κ2) is 13.6. The molecule has 7 nitrogen and oxygen atoms in total. The monoisotopic (exact) mass is 569 g/mol. The van der Waals surface area contributed by atoms with Gasteiger partial charge in [-0.2, -0.15) is 0 Å². The van der Waals surface area contributed by atoms with E-state index in [0.717, 1.165) is 33.8 Å². The van der Waals surface area contributed by atoms with Gasteiger partial charge in [0.25, 0.3) is 10.0 Å². The maximum Gasteiger partial charge on any atom is 0.264 e. The van der Waals surface area contributed by atoms with E-state index in [9.17, 15) is 18.0 Å². The normalized spacial score (nSPS) is 12.0. The summed E-state index contributed by atoms with van der Waals surface area (Å²) in [5, 5.41) is 3.30. The van der Waals surface area contributed by atoms with E-state index in [0.29, 0.717) is 17.3 Å². The van der Waals surface area contributed by atoms with E-state index in [1.54, 1.807) is 25.1 Å². The standard InChI is InChI=1S/C30H36ClN3O4S/c1-5-6-18-32-30(36)24(4)33(20-25-12-8-7-11-23(25)3)29(35)21-34(27-13-9-10-22(2)19-27)39(37,38)28-16-14-26(31)15-17-28/h7-17,19,24H,5-6,18,20-21H2,1-4H3,(H,32,36)/t24-/m0/s1. The molecule has 0 saturated carbocycles. The third-order valence-electron chi connectivity index (χ3n) is 6.57. The van der Waals surface area contributed by atoms with Gasteiger partial charge in [0, 0.05) is 18.1 Å². The van der Waals surface area contributed by atoms with Crippen molar-refractivity contribution in [2.45, 2.75) is 58.0 Å². The molecule has 0 radical (unpaired) electrons. The van der Waals surface area contributed by atoms with E-state index < -0.39 is 28.5 Å². The Kier molecular flexibility index (Phi) is 10.5. The molecule has 0 heterocycles. The van der Waals surface area contributed by atoms with Crippen molar-refractivity contribution in [2.24, 2.45) is 0 Å². The van der Waals surface area contributed by atoms with Crippen molar-refractivity contribution < 1.29 is 18.0 Å². The third kappa shape index (κ3) is 7.83. The summed E-state index contributed by atoms with van der Waals surface area (Å²) in [5.74, 6) is -0.775. The Bertz CT molecular complexity index is 1390. The predicted molar refractivity (Wildman–Crippen MR) is 156 cm³/mol. The number of amides is 2. The van der Waals surface area contributed by atoms with Crippen LogP contribution < -0.4 is 9.62 Å². The molecule has 0 aliphatic rings. The van der Waals surface area contributed by atoms with Crippen molar-refractivity contribution in [1.29, 1.82) is 0 Å². The van der Waals surface area contributed by atoms with Crippen molar-refractivity contribution in [3.05, 3.63) is 94.5 Å². The predicted octanol–water partition coefficient (Wildman–Crippen LogP) is 5.49. The molecule has 0 fully saturated rings. The number of hydrogen-bond acceptors (Lipinski definition) is 4. The van der Waals surface area contributed by atoms with Gasteiger partial charge in [-0.05, 0) is 80.3 Å². The van der Waals surface area contributed by atoms with Gasteiger partial charge in [0.2, 0.25) is 11.8 Å². The zero-order valence-electron chi connectivity index (χ0n) is 22.9. The van der Waals surface area contributed by atoms with Crippen LogP contribution in [0, 0.1) is 13.8 Å². The van der Waals surface area contributed by atoms with Gasteiger partial charge in [0.15, 0.2) is 0 Å². The summed E-state index contributed by atoms with van der Waals surface area (Å²) in [7, 11) is -4.13. The number of rotatable bonds is 12. The van der Waals surface area contributed by atoms with E-state index >= 15 is 0 Å². The number of anilines is 1. The summed E-state index contributed by atoms with van der Waals surface area (Å²) in [6.45, 7) is 7.68. The molecule has 39 heavy (non-hydrogen) atoms. The lowest BCUT2D eigenvalue weighted by atomic mass is 10.1. The van der Waals surface area contributed by atoms with E-state index in [-0.39, 0.29) is 17.3 Å². The summed E-state index contributed by atoms with van der Waals surface area (Å²) >= 11 is 6.00. The molecule has 208 valence electrons. The van der Waals surface area contributed by atoms with Crippen LogP contribution in [0.25, 0.3) is 0 Å². The van der Waals surface area contributed by atoms with Crippen LogP contribution in [0.15, 0.2) is 77.7 Å². The van der Waals surface area contributed by atoms with Gasteiger partial charge in [0.05, 0.1) is 10.6 Å². The number of unbranched alkanes of at least 4 members (excludes halogenated alkanes) is 1. The van der Waals surface area contributed by atoms with Gasteiger partial charge in [-0.3, -0.25) is 13.9 Å². The van der Waals surface area contributed by atoms with E-state index in [4.69, 9.17) is 11.6 Å². The van der Waals surface area contributed by atoms with Crippen LogP contribution in [-0.2, 0) is 26.2 Å². The maximum atomic E-state index is 14.0. The average Bonchev–Trinajstić information content (AvgIpc) is 2.91. The molecule has 0 bridgehead atoms. The topological polar surface area (TPSA) is 86.8 Å². The van der Waals surface area contributed by atoms with Crippen LogP contribution in [0.1, 0.15) is 43.4 Å². The first-order valence-electron chi connectivity index (χ1n) is 13.0. The van der Waals surface area contributed by atoms with Crippen molar-refractivity contribution >= 4 is 39.1 Å². The van der Waals surface area contributed by atoms with Gasteiger partial charge >= 0.3 is 0 Å². The quantitative estimate of drug-likeness (QED) is 0.292. The van der Waals surface area contributed by atoms with Gasteiger partial charge in [-0.25, -0.2) is 8.42 Å². The number of hydrogen-bond donors (Lipinski definition) is 1. The fraction of sp³-hybridized carbons (Fsp3) is 0.333. The van der Waals surface area contributed by atoms with Gasteiger partial charge in [-0.1, -0.05) is 61.3 Å². The van der Waals surface area contributed by atoms with Crippen molar-refractivity contribution in [2.75, 3.05) is 17.4 Å². The molecule has 2 amide bonds. The molecule has 3 aromatic rings. The first-order chi connectivity index (χ1) is 18.5. The lowest BCUT2D eigenvalue weighted by Gasteiger charge is -2.32. The zero-order valence-corrected chi connectivity index (χ0v) is 24.4. The van der Waals surface area contributed by atoms with Crippen molar-refractivity contribution in [3.63, 3.8) is 0 Å².